The molecule has 0 aromatic carbocycles. The summed E-state index contributed by atoms with van der Waals surface area (Å²) < 4.78 is 11.5. The van der Waals surface area contributed by atoms with Gasteiger partial charge < -0.3 is 19.7 Å². The highest BCUT2D eigenvalue weighted by atomic mass is 16.5. The van der Waals surface area contributed by atoms with Gasteiger partial charge in [0, 0.05) is 59.5 Å². The molecule has 0 spiro atoms. The lowest BCUT2D eigenvalue weighted by Crippen LogP contribution is -2.48. The van der Waals surface area contributed by atoms with Crippen LogP contribution in [0.3, 0.4) is 0 Å². The van der Waals surface area contributed by atoms with Crippen LogP contribution in [0.5, 0.6) is 0 Å². The molecule has 0 unspecified atom stereocenters. The van der Waals surface area contributed by atoms with Crippen LogP contribution < -0.4 is 5.32 Å². The van der Waals surface area contributed by atoms with E-state index >= 15 is 0 Å². The van der Waals surface area contributed by atoms with E-state index in [0.717, 1.165) is 25.9 Å². The topological polar surface area (TPSA) is 37.0 Å². The molecule has 0 aromatic heterocycles. The average molecular weight is 328 g/mol. The largest absolute Gasteiger partial charge is 0.381 e. The molecule has 1 N–H and O–H groups in total. The SMILES string of the molecule is CC.COC1CC(OC2CCN(CCN3CCNCC3)CC2)C1. The smallest absolute Gasteiger partial charge is 0.0628 e. The van der Waals surface area contributed by atoms with Crippen LogP contribution in [0.25, 0.3) is 0 Å². The summed E-state index contributed by atoms with van der Waals surface area (Å²) in [7, 11) is 1.80. The van der Waals surface area contributed by atoms with E-state index in [1.54, 1.807) is 7.11 Å². The predicted molar refractivity (Wildman–Crippen MR) is 95.0 cm³/mol. The van der Waals surface area contributed by atoms with Gasteiger partial charge >= 0.3 is 0 Å². The van der Waals surface area contributed by atoms with Gasteiger partial charge in [0.05, 0.1) is 18.3 Å². The molecule has 0 atom stereocenters. The fraction of sp³-hybridized carbons (Fsp3) is 1.00. The van der Waals surface area contributed by atoms with Gasteiger partial charge in [-0.15, -0.1) is 0 Å². The molecule has 2 saturated heterocycles. The molecule has 0 radical (unpaired) electrons. The van der Waals surface area contributed by atoms with Crippen molar-refractivity contribution in [2.75, 3.05) is 59.5 Å². The van der Waals surface area contributed by atoms with Crippen molar-refractivity contribution in [1.82, 2.24) is 15.1 Å². The Morgan fingerprint density at radius 3 is 1.96 bits per heavy atom. The molecule has 136 valence electrons. The zero-order valence-electron chi connectivity index (χ0n) is 15.4. The zero-order chi connectivity index (χ0) is 16.5. The lowest BCUT2D eigenvalue weighted by molar-refractivity contribution is -0.126. The summed E-state index contributed by atoms with van der Waals surface area (Å²) in [5, 5.41) is 3.41. The Morgan fingerprint density at radius 1 is 0.826 bits per heavy atom. The number of piperazine rings is 1. The molecule has 0 amide bonds. The number of piperidine rings is 1. The molecule has 0 aromatic rings. The molecule has 3 fully saturated rings. The highest BCUT2D eigenvalue weighted by Gasteiger charge is 2.32. The van der Waals surface area contributed by atoms with Gasteiger partial charge in [0.2, 0.25) is 0 Å². The van der Waals surface area contributed by atoms with Crippen molar-refractivity contribution in [3.05, 3.63) is 0 Å². The van der Waals surface area contributed by atoms with Crippen LogP contribution in [0.4, 0.5) is 0 Å². The highest BCUT2D eigenvalue weighted by Crippen LogP contribution is 2.28. The Labute approximate surface area is 142 Å². The Hall–Kier alpha value is -0.200. The van der Waals surface area contributed by atoms with Crippen molar-refractivity contribution in [1.29, 1.82) is 0 Å². The minimum atomic E-state index is 0.453. The van der Waals surface area contributed by atoms with Crippen molar-refractivity contribution in [2.24, 2.45) is 0 Å². The van der Waals surface area contributed by atoms with E-state index in [1.165, 1.54) is 52.1 Å². The van der Waals surface area contributed by atoms with Crippen molar-refractivity contribution in [2.45, 2.75) is 57.8 Å². The molecule has 5 nitrogen and oxygen atoms in total. The maximum Gasteiger partial charge on any atom is 0.0628 e. The predicted octanol–water partition coefficient (Wildman–Crippen LogP) is 1.58. The van der Waals surface area contributed by atoms with Crippen LogP contribution >= 0.6 is 0 Å². The normalized spacial score (nSPS) is 30.4. The first-order valence-corrected chi connectivity index (χ1v) is 9.67. The van der Waals surface area contributed by atoms with Crippen molar-refractivity contribution in [3.63, 3.8) is 0 Å². The van der Waals surface area contributed by atoms with Gasteiger partial charge in [-0.05, 0) is 25.7 Å². The number of likely N-dealkylation sites (tertiary alicyclic amines) is 1. The third kappa shape index (κ3) is 6.31. The first kappa shape index (κ1) is 19.1. The Kier molecular flexibility index (Phi) is 8.83. The Bertz CT molecular complexity index is 297. The first-order valence-electron chi connectivity index (χ1n) is 9.67. The first-order chi connectivity index (χ1) is 11.3. The van der Waals surface area contributed by atoms with Crippen LogP contribution in [0, 0.1) is 0 Å². The molecule has 1 saturated carbocycles. The molecule has 3 rings (SSSR count). The fourth-order valence-corrected chi connectivity index (χ4v) is 3.58. The molecule has 1 aliphatic carbocycles. The van der Waals surface area contributed by atoms with Crippen molar-refractivity contribution in [3.8, 4) is 0 Å². The summed E-state index contributed by atoms with van der Waals surface area (Å²) in [5.41, 5.74) is 0. The van der Waals surface area contributed by atoms with E-state index in [2.05, 4.69) is 15.1 Å². The van der Waals surface area contributed by atoms with E-state index in [1.807, 2.05) is 13.8 Å². The summed E-state index contributed by atoms with van der Waals surface area (Å²) in [6.07, 6.45) is 6.01. The minimum Gasteiger partial charge on any atom is -0.381 e. The number of methoxy groups -OCH3 is 1. The number of rotatable bonds is 6. The maximum atomic E-state index is 6.18. The number of hydrogen-bond donors (Lipinski definition) is 1. The standard InChI is InChI=1S/C16H31N3O2.C2H6/c1-20-15-12-16(13-15)21-14-2-6-18(7-3-14)10-11-19-8-4-17-5-9-19;1-2/h14-17H,2-13H2,1H3;1-2H3. The van der Waals surface area contributed by atoms with E-state index < -0.39 is 0 Å². The second-order valence-electron chi connectivity index (χ2n) is 6.72. The van der Waals surface area contributed by atoms with Gasteiger partial charge in [-0.1, -0.05) is 13.8 Å². The van der Waals surface area contributed by atoms with E-state index in [-0.39, 0.29) is 0 Å². The summed E-state index contributed by atoms with van der Waals surface area (Å²) in [5.74, 6) is 0. The molecule has 2 aliphatic heterocycles. The van der Waals surface area contributed by atoms with Gasteiger partial charge in [0.1, 0.15) is 0 Å². The van der Waals surface area contributed by atoms with Crippen molar-refractivity contribution < 1.29 is 9.47 Å². The second kappa shape index (κ2) is 10.6. The Balaban J connectivity index is 0.000000924. The van der Waals surface area contributed by atoms with Crippen LogP contribution in [0.15, 0.2) is 0 Å². The second-order valence-corrected chi connectivity index (χ2v) is 6.72. The molecule has 0 bridgehead atoms. The third-order valence-corrected chi connectivity index (χ3v) is 5.25. The minimum absolute atomic E-state index is 0.453. The summed E-state index contributed by atoms with van der Waals surface area (Å²) >= 11 is 0. The van der Waals surface area contributed by atoms with Gasteiger partial charge in [0.25, 0.3) is 0 Å². The third-order valence-electron chi connectivity index (χ3n) is 5.25. The van der Waals surface area contributed by atoms with Gasteiger partial charge in [-0.2, -0.15) is 0 Å². The highest BCUT2D eigenvalue weighted by molar-refractivity contribution is 4.83. The fourth-order valence-electron chi connectivity index (χ4n) is 3.58. The molecule has 5 heteroatoms. The molecular formula is C18H37N3O2. The van der Waals surface area contributed by atoms with E-state index in [4.69, 9.17) is 9.47 Å². The van der Waals surface area contributed by atoms with Gasteiger partial charge in [-0.3, -0.25) is 4.90 Å². The van der Waals surface area contributed by atoms with Crippen LogP contribution in [-0.4, -0.2) is 87.6 Å². The summed E-state index contributed by atoms with van der Waals surface area (Å²) in [6, 6.07) is 0. The number of hydrogen-bond acceptors (Lipinski definition) is 5. The Morgan fingerprint density at radius 2 is 1.39 bits per heavy atom. The number of nitrogens with zero attached hydrogens (tertiary/aromatic N) is 2. The van der Waals surface area contributed by atoms with Crippen LogP contribution in [-0.2, 0) is 9.47 Å². The molecule has 3 aliphatic rings. The lowest BCUT2D eigenvalue weighted by atomic mass is 9.91. The molecule has 2 heterocycles. The van der Waals surface area contributed by atoms with Gasteiger partial charge in [0.15, 0.2) is 0 Å². The van der Waals surface area contributed by atoms with E-state index in [9.17, 15) is 0 Å². The zero-order valence-corrected chi connectivity index (χ0v) is 15.4. The van der Waals surface area contributed by atoms with Crippen molar-refractivity contribution >= 4 is 0 Å². The monoisotopic (exact) mass is 327 g/mol. The number of nitrogens with one attached hydrogen (secondary N) is 1. The quantitative estimate of drug-likeness (QED) is 0.802. The summed E-state index contributed by atoms with van der Waals surface area (Å²) in [6.45, 7) is 13.6. The average Bonchev–Trinajstić information content (AvgIpc) is 2.59. The molecule has 23 heavy (non-hydrogen) atoms. The van der Waals surface area contributed by atoms with Gasteiger partial charge in [-0.25, -0.2) is 0 Å². The van der Waals surface area contributed by atoms with Crippen LogP contribution in [0.2, 0.25) is 0 Å². The summed E-state index contributed by atoms with van der Waals surface area (Å²) in [4.78, 5) is 5.19. The molecular weight excluding hydrogens is 290 g/mol. The number of ether oxygens (including phenoxy) is 2. The maximum absolute atomic E-state index is 6.18. The van der Waals surface area contributed by atoms with E-state index in [0.29, 0.717) is 18.3 Å². The van der Waals surface area contributed by atoms with Crippen LogP contribution in [0.1, 0.15) is 39.5 Å². The lowest BCUT2D eigenvalue weighted by Gasteiger charge is -2.39.